The Morgan fingerprint density at radius 3 is 2.69 bits per heavy atom. The number of hydrogen-bond acceptors (Lipinski definition) is 4. The average Bonchev–Trinajstić information content (AvgIpc) is 3.21. The first-order valence-corrected chi connectivity index (χ1v) is 8.36. The summed E-state index contributed by atoms with van der Waals surface area (Å²) in [5.74, 6) is 0.504. The Morgan fingerprint density at radius 1 is 1.04 bits per heavy atom. The third-order valence-electron chi connectivity index (χ3n) is 4.63. The van der Waals surface area contributed by atoms with Gasteiger partial charge in [-0.3, -0.25) is 10.1 Å². The number of halogens is 1. The number of aromatic nitrogens is 4. The van der Waals surface area contributed by atoms with Crippen molar-refractivity contribution in [2.45, 2.75) is 13.0 Å². The van der Waals surface area contributed by atoms with E-state index in [2.05, 4.69) is 15.2 Å². The highest BCUT2D eigenvalue weighted by atomic mass is 19.1. The topological polar surface area (TPSA) is 57.7 Å². The van der Waals surface area contributed by atoms with Crippen molar-refractivity contribution in [1.82, 2.24) is 20.2 Å². The maximum atomic E-state index is 13.5. The van der Waals surface area contributed by atoms with E-state index < -0.39 is 0 Å². The van der Waals surface area contributed by atoms with Crippen LogP contribution in [0.1, 0.15) is 18.5 Å². The number of aromatic amines is 1. The minimum absolute atomic E-state index is 0.0253. The molecule has 0 fully saturated rings. The van der Waals surface area contributed by atoms with Crippen molar-refractivity contribution in [3.63, 3.8) is 0 Å². The van der Waals surface area contributed by atoms with Gasteiger partial charge in [-0.25, -0.2) is 9.37 Å². The molecule has 2 aromatic heterocycles. The average molecular weight is 347 g/mol. The largest absolute Gasteiger partial charge is 0.352 e. The Kier molecular flexibility index (Phi) is 4.08. The molecule has 1 atom stereocenters. The highest BCUT2D eigenvalue weighted by molar-refractivity contribution is 5.82. The Morgan fingerprint density at radius 2 is 1.92 bits per heavy atom. The van der Waals surface area contributed by atoms with E-state index in [-0.39, 0.29) is 11.9 Å². The summed E-state index contributed by atoms with van der Waals surface area (Å²) in [5.41, 5.74) is 4.57. The summed E-state index contributed by atoms with van der Waals surface area (Å²) in [6, 6.07) is 12.6. The molecule has 0 aliphatic heterocycles. The van der Waals surface area contributed by atoms with Crippen LogP contribution in [0, 0.1) is 5.82 Å². The molecule has 0 saturated heterocycles. The molecule has 0 spiro atoms. The molecule has 0 amide bonds. The van der Waals surface area contributed by atoms with Gasteiger partial charge in [-0.1, -0.05) is 18.2 Å². The second kappa shape index (κ2) is 6.55. The van der Waals surface area contributed by atoms with Crippen molar-refractivity contribution in [3.8, 4) is 11.1 Å². The third kappa shape index (κ3) is 3.01. The number of anilines is 1. The SMILES string of the molecule is C[C@H](c1cccc(F)c1)N(C)c1cnc2cc(-c3cn[nH]c3)ccc2n1. The van der Waals surface area contributed by atoms with E-state index in [0.29, 0.717) is 0 Å². The molecule has 26 heavy (non-hydrogen) atoms. The van der Waals surface area contributed by atoms with E-state index in [9.17, 15) is 4.39 Å². The molecule has 0 radical (unpaired) electrons. The zero-order valence-corrected chi connectivity index (χ0v) is 14.5. The monoisotopic (exact) mass is 347 g/mol. The van der Waals surface area contributed by atoms with Gasteiger partial charge in [0, 0.05) is 18.8 Å². The van der Waals surface area contributed by atoms with Crippen LogP contribution in [0.3, 0.4) is 0 Å². The summed E-state index contributed by atoms with van der Waals surface area (Å²) < 4.78 is 13.5. The number of nitrogens with zero attached hydrogens (tertiary/aromatic N) is 4. The molecule has 5 nitrogen and oxygen atoms in total. The molecule has 0 aliphatic carbocycles. The summed E-state index contributed by atoms with van der Waals surface area (Å²) in [7, 11) is 1.94. The van der Waals surface area contributed by atoms with Gasteiger partial charge in [0.1, 0.15) is 11.6 Å². The fourth-order valence-corrected chi connectivity index (χ4v) is 2.95. The van der Waals surface area contributed by atoms with Crippen LogP contribution in [-0.2, 0) is 0 Å². The first kappa shape index (κ1) is 16.2. The standard InChI is InChI=1S/C20H18FN5/c1-13(14-4-3-5-17(21)8-14)26(2)20-12-22-19-9-15(6-7-18(19)25-20)16-10-23-24-11-16/h3-13H,1-2H3,(H,23,24)/t13-/m1/s1. The Bertz CT molecular complexity index is 1050. The molecule has 130 valence electrons. The van der Waals surface area contributed by atoms with E-state index in [1.165, 1.54) is 6.07 Å². The van der Waals surface area contributed by atoms with Gasteiger partial charge in [-0.2, -0.15) is 5.10 Å². The van der Waals surface area contributed by atoms with E-state index in [1.807, 2.05) is 49.3 Å². The zero-order valence-electron chi connectivity index (χ0n) is 14.5. The molecule has 2 heterocycles. The van der Waals surface area contributed by atoms with E-state index in [0.717, 1.165) is 33.5 Å². The predicted octanol–water partition coefficient (Wildman–Crippen LogP) is 4.36. The first-order chi connectivity index (χ1) is 12.6. The van der Waals surface area contributed by atoms with E-state index >= 15 is 0 Å². The Hall–Kier alpha value is -3.28. The van der Waals surface area contributed by atoms with Crippen molar-refractivity contribution in [2.75, 3.05) is 11.9 Å². The van der Waals surface area contributed by atoms with Crippen molar-refractivity contribution in [2.24, 2.45) is 0 Å². The highest BCUT2D eigenvalue weighted by Gasteiger charge is 2.15. The molecule has 6 heteroatoms. The zero-order chi connectivity index (χ0) is 18.1. The molecule has 0 aliphatic rings. The minimum atomic E-state index is -0.237. The molecular weight excluding hydrogens is 329 g/mol. The Balaban J connectivity index is 1.65. The van der Waals surface area contributed by atoms with Gasteiger partial charge in [-0.15, -0.1) is 0 Å². The highest BCUT2D eigenvalue weighted by Crippen LogP contribution is 2.27. The van der Waals surface area contributed by atoms with Gasteiger partial charge in [0.05, 0.1) is 29.5 Å². The van der Waals surface area contributed by atoms with Gasteiger partial charge in [-0.05, 0) is 42.3 Å². The summed E-state index contributed by atoms with van der Waals surface area (Å²) >= 11 is 0. The van der Waals surface area contributed by atoms with Crippen molar-refractivity contribution in [3.05, 3.63) is 72.4 Å². The van der Waals surface area contributed by atoms with E-state index in [4.69, 9.17) is 4.98 Å². The molecule has 4 rings (SSSR count). The number of hydrogen-bond donors (Lipinski definition) is 1. The third-order valence-corrected chi connectivity index (χ3v) is 4.63. The minimum Gasteiger partial charge on any atom is -0.352 e. The van der Waals surface area contributed by atoms with Crippen LogP contribution < -0.4 is 4.90 Å². The lowest BCUT2D eigenvalue weighted by atomic mass is 10.1. The number of H-pyrrole nitrogens is 1. The summed E-state index contributed by atoms with van der Waals surface area (Å²) in [6.07, 6.45) is 5.37. The van der Waals surface area contributed by atoms with Crippen LogP contribution >= 0.6 is 0 Å². The lowest BCUT2D eigenvalue weighted by Gasteiger charge is -2.26. The van der Waals surface area contributed by atoms with Crippen molar-refractivity contribution in [1.29, 1.82) is 0 Å². The van der Waals surface area contributed by atoms with Crippen molar-refractivity contribution < 1.29 is 4.39 Å². The molecule has 0 saturated carbocycles. The van der Waals surface area contributed by atoms with Crippen LogP contribution in [0.25, 0.3) is 22.2 Å². The Labute approximate surface area is 150 Å². The van der Waals surface area contributed by atoms with Crippen LogP contribution in [0.2, 0.25) is 0 Å². The molecule has 1 N–H and O–H groups in total. The lowest BCUT2D eigenvalue weighted by molar-refractivity contribution is 0.620. The van der Waals surface area contributed by atoms with Crippen molar-refractivity contribution >= 4 is 16.9 Å². The fourth-order valence-electron chi connectivity index (χ4n) is 2.95. The van der Waals surface area contributed by atoms with Gasteiger partial charge < -0.3 is 4.90 Å². The fraction of sp³-hybridized carbons (Fsp3) is 0.150. The molecule has 0 bridgehead atoms. The number of nitrogens with one attached hydrogen (secondary N) is 1. The van der Waals surface area contributed by atoms with Crippen LogP contribution in [0.15, 0.2) is 61.1 Å². The number of fused-ring (bicyclic) bond motifs is 1. The van der Waals surface area contributed by atoms with Gasteiger partial charge in [0.25, 0.3) is 0 Å². The smallest absolute Gasteiger partial charge is 0.148 e. The maximum Gasteiger partial charge on any atom is 0.148 e. The molecule has 2 aromatic carbocycles. The quantitative estimate of drug-likeness (QED) is 0.596. The number of rotatable bonds is 4. The molecule has 0 unspecified atom stereocenters. The normalized spacial score (nSPS) is 12.3. The van der Waals surface area contributed by atoms with Crippen LogP contribution in [-0.4, -0.2) is 27.2 Å². The van der Waals surface area contributed by atoms with Crippen LogP contribution in [0.5, 0.6) is 0 Å². The second-order valence-corrected chi connectivity index (χ2v) is 6.26. The first-order valence-electron chi connectivity index (χ1n) is 8.36. The summed E-state index contributed by atoms with van der Waals surface area (Å²) in [4.78, 5) is 11.3. The lowest BCUT2D eigenvalue weighted by Crippen LogP contribution is -2.22. The molecular formula is C20H18FN5. The van der Waals surface area contributed by atoms with Gasteiger partial charge in [0.2, 0.25) is 0 Å². The van der Waals surface area contributed by atoms with Gasteiger partial charge in [0.15, 0.2) is 0 Å². The summed E-state index contributed by atoms with van der Waals surface area (Å²) in [5, 5.41) is 6.79. The number of benzene rings is 2. The summed E-state index contributed by atoms with van der Waals surface area (Å²) in [6.45, 7) is 2.02. The van der Waals surface area contributed by atoms with Gasteiger partial charge >= 0.3 is 0 Å². The van der Waals surface area contributed by atoms with Crippen LogP contribution in [0.4, 0.5) is 10.2 Å². The predicted molar refractivity (Wildman–Crippen MR) is 100 cm³/mol. The maximum absolute atomic E-state index is 13.5. The van der Waals surface area contributed by atoms with E-state index in [1.54, 1.807) is 24.5 Å². The molecule has 4 aromatic rings. The second-order valence-electron chi connectivity index (χ2n) is 6.26.